The molecule has 32 valence electrons. The standard InChI is InChI=1S/4CH3.Sb/h4*1H3;/q;;;;+1. The second-order valence-corrected chi connectivity index (χ2v) is 18.0. The Morgan fingerprint density at radius 2 is 0.800 bits per heavy atom. The van der Waals surface area contributed by atoms with Gasteiger partial charge in [-0.15, -0.1) is 0 Å². The molecule has 0 aromatic rings. The van der Waals surface area contributed by atoms with Crippen molar-refractivity contribution < 1.29 is 0 Å². The third-order valence-corrected chi connectivity index (χ3v) is 0. The van der Waals surface area contributed by atoms with E-state index in [1.54, 1.807) is 0 Å². The third kappa shape index (κ3) is 57.2. The van der Waals surface area contributed by atoms with E-state index in [1.165, 1.54) is 0 Å². The second kappa shape index (κ2) is 1.51. The summed E-state index contributed by atoms with van der Waals surface area (Å²) in [5, 5.41) is 0. The molecule has 0 unspecified atom stereocenters. The van der Waals surface area contributed by atoms with Gasteiger partial charge in [0.05, 0.1) is 0 Å². The zero-order chi connectivity index (χ0) is 4.50. The first-order valence-electron chi connectivity index (χ1n) is 1.79. The first kappa shape index (κ1) is 5.82. The van der Waals surface area contributed by atoms with Crippen molar-refractivity contribution in [3.63, 3.8) is 0 Å². The van der Waals surface area contributed by atoms with Gasteiger partial charge in [-0.3, -0.25) is 0 Å². The Kier molecular flexibility index (Phi) is 1.76. The Morgan fingerprint density at radius 1 is 0.800 bits per heavy atom. The SMILES string of the molecule is [CH3][Sb+]([CH3])([CH3])[CH3]. The van der Waals surface area contributed by atoms with E-state index in [2.05, 4.69) is 19.5 Å². The van der Waals surface area contributed by atoms with Gasteiger partial charge in [0.25, 0.3) is 0 Å². The number of hydrogen-bond donors (Lipinski definition) is 0. The van der Waals surface area contributed by atoms with Gasteiger partial charge in [0.15, 0.2) is 0 Å². The van der Waals surface area contributed by atoms with E-state index in [0.717, 1.165) is 0 Å². The molecule has 0 amide bonds. The second-order valence-electron chi connectivity index (χ2n) is 2.68. The molecule has 0 aliphatic rings. The van der Waals surface area contributed by atoms with Crippen LogP contribution in [0, 0.1) is 0 Å². The van der Waals surface area contributed by atoms with E-state index in [0.29, 0.717) is 0 Å². The van der Waals surface area contributed by atoms with Gasteiger partial charge in [0.1, 0.15) is 0 Å². The fourth-order valence-electron chi connectivity index (χ4n) is 0. The average molecular weight is 182 g/mol. The van der Waals surface area contributed by atoms with E-state index in [-0.39, 0.29) is 0 Å². The van der Waals surface area contributed by atoms with Crippen LogP contribution in [0.4, 0.5) is 0 Å². The molecule has 0 aromatic carbocycles. The van der Waals surface area contributed by atoms with E-state index < -0.39 is 18.8 Å². The minimum atomic E-state index is -1.10. The molecule has 0 heterocycles. The van der Waals surface area contributed by atoms with E-state index >= 15 is 0 Å². The van der Waals surface area contributed by atoms with Gasteiger partial charge >= 0.3 is 38.3 Å². The Bertz CT molecular complexity index is 19.1. The van der Waals surface area contributed by atoms with Gasteiger partial charge in [-0.05, 0) is 0 Å². The maximum absolute atomic E-state index is 2.39. The predicted octanol–water partition coefficient (Wildman–Crippen LogP) is 1.95. The summed E-state index contributed by atoms with van der Waals surface area (Å²) in [5.74, 6) is 0. The van der Waals surface area contributed by atoms with Gasteiger partial charge in [-0.2, -0.15) is 0 Å². The molecule has 1 heteroatoms. The summed E-state index contributed by atoms with van der Waals surface area (Å²) in [6, 6.07) is 0. The molecule has 0 saturated carbocycles. The molecule has 0 nitrogen and oxygen atoms in total. The predicted molar refractivity (Wildman–Crippen MR) is 29.2 cm³/mol. The summed E-state index contributed by atoms with van der Waals surface area (Å²) in [4.78, 5) is 9.55. The summed E-state index contributed by atoms with van der Waals surface area (Å²) < 4.78 is 0. The van der Waals surface area contributed by atoms with Crippen LogP contribution in [0.25, 0.3) is 0 Å². The van der Waals surface area contributed by atoms with Crippen LogP contribution in [0.5, 0.6) is 0 Å². The van der Waals surface area contributed by atoms with Crippen molar-refractivity contribution >= 4 is 18.8 Å². The Hall–Kier alpha value is 0.818. The quantitative estimate of drug-likeness (QED) is 0.502. The summed E-state index contributed by atoms with van der Waals surface area (Å²) in [6.07, 6.45) is 0. The van der Waals surface area contributed by atoms with Crippen molar-refractivity contribution in [2.75, 3.05) is 0 Å². The zero-order valence-electron chi connectivity index (χ0n) is 4.45. The summed E-state index contributed by atoms with van der Waals surface area (Å²) in [7, 11) is 0. The monoisotopic (exact) mass is 181 g/mol. The van der Waals surface area contributed by atoms with E-state index in [9.17, 15) is 0 Å². The van der Waals surface area contributed by atoms with Crippen LogP contribution in [-0.2, 0) is 0 Å². The summed E-state index contributed by atoms with van der Waals surface area (Å²) in [5.41, 5.74) is 0. The van der Waals surface area contributed by atoms with Crippen molar-refractivity contribution in [2.24, 2.45) is 0 Å². The normalized spacial score (nSPS) is 12.0. The van der Waals surface area contributed by atoms with Gasteiger partial charge in [0, 0.05) is 0 Å². The molecule has 0 aliphatic carbocycles. The van der Waals surface area contributed by atoms with Gasteiger partial charge in [-0.25, -0.2) is 0 Å². The van der Waals surface area contributed by atoms with Gasteiger partial charge in [-0.1, -0.05) is 0 Å². The van der Waals surface area contributed by atoms with Crippen LogP contribution >= 0.6 is 0 Å². The van der Waals surface area contributed by atoms with E-state index in [1.807, 2.05) is 0 Å². The molecule has 0 aromatic heterocycles. The summed E-state index contributed by atoms with van der Waals surface area (Å²) >= 11 is -1.10. The minimum absolute atomic E-state index is 1.10. The molecular formula is C4H12Sb+. The van der Waals surface area contributed by atoms with Crippen LogP contribution in [0.2, 0.25) is 19.5 Å². The Balaban J connectivity index is 3.02. The molecule has 0 fully saturated rings. The van der Waals surface area contributed by atoms with Crippen LogP contribution in [0.3, 0.4) is 0 Å². The molecule has 0 spiro atoms. The van der Waals surface area contributed by atoms with Gasteiger partial charge < -0.3 is 0 Å². The average Bonchev–Trinajstić information content (AvgIpc) is 0.722. The van der Waals surface area contributed by atoms with Crippen molar-refractivity contribution in [1.82, 2.24) is 0 Å². The summed E-state index contributed by atoms with van der Waals surface area (Å²) in [6.45, 7) is 0. The molecule has 0 rings (SSSR count). The molecule has 0 atom stereocenters. The fraction of sp³-hybridized carbons (Fsp3) is 1.00. The first-order valence-corrected chi connectivity index (χ1v) is 12.0. The molecular weight excluding hydrogens is 170 g/mol. The van der Waals surface area contributed by atoms with Crippen LogP contribution in [-0.4, -0.2) is 18.8 Å². The topological polar surface area (TPSA) is 0 Å². The van der Waals surface area contributed by atoms with Crippen LogP contribution in [0.15, 0.2) is 0 Å². The van der Waals surface area contributed by atoms with Crippen molar-refractivity contribution in [3.05, 3.63) is 0 Å². The maximum atomic E-state index is 2.39. The van der Waals surface area contributed by atoms with Crippen LogP contribution in [0.1, 0.15) is 0 Å². The van der Waals surface area contributed by atoms with Gasteiger partial charge in [0.2, 0.25) is 0 Å². The fourth-order valence-corrected chi connectivity index (χ4v) is 0. The number of hydrogen-bond acceptors (Lipinski definition) is 0. The number of rotatable bonds is 0. The third-order valence-electron chi connectivity index (χ3n) is 0. The first-order chi connectivity index (χ1) is 2.00. The molecule has 0 saturated heterocycles. The van der Waals surface area contributed by atoms with Crippen molar-refractivity contribution in [3.8, 4) is 0 Å². The van der Waals surface area contributed by atoms with E-state index in [4.69, 9.17) is 0 Å². The molecule has 5 heavy (non-hydrogen) atoms. The molecule has 0 bridgehead atoms. The van der Waals surface area contributed by atoms with Crippen molar-refractivity contribution in [2.45, 2.75) is 19.5 Å². The zero-order valence-corrected chi connectivity index (χ0v) is 7.00. The molecule has 0 N–H and O–H groups in total. The molecule has 0 aliphatic heterocycles. The van der Waals surface area contributed by atoms with Crippen molar-refractivity contribution in [1.29, 1.82) is 0 Å². The Labute approximate surface area is 38.6 Å². The molecule has 0 radical (unpaired) electrons. The van der Waals surface area contributed by atoms with Crippen LogP contribution < -0.4 is 0 Å². The Morgan fingerprint density at radius 3 is 0.800 bits per heavy atom.